The highest BCUT2D eigenvalue weighted by molar-refractivity contribution is 7.22. The first kappa shape index (κ1) is 17.8. The molecule has 0 saturated carbocycles. The van der Waals surface area contributed by atoms with Crippen LogP contribution < -0.4 is 9.55 Å². The van der Waals surface area contributed by atoms with Crippen LogP contribution in [0, 0.1) is 0 Å². The number of unbranched alkanes of at least 4 members (excludes halogenated alkanes) is 1. The summed E-state index contributed by atoms with van der Waals surface area (Å²) in [6.45, 7) is 4.65. The maximum atomic E-state index is 9.64. The van der Waals surface area contributed by atoms with Gasteiger partial charge in [0.05, 0.1) is 6.61 Å². The summed E-state index contributed by atoms with van der Waals surface area (Å²) >= 11 is 1.74. The minimum atomic E-state index is -0.561. The van der Waals surface area contributed by atoms with Gasteiger partial charge in [-0.25, -0.2) is 4.98 Å². The van der Waals surface area contributed by atoms with E-state index in [9.17, 15) is 5.02 Å². The molecule has 0 unspecified atom stereocenters. The van der Waals surface area contributed by atoms with E-state index in [0.29, 0.717) is 0 Å². The zero-order chi connectivity index (χ0) is 17.8. The van der Waals surface area contributed by atoms with E-state index in [1.807, 2.05) is 31.4 Å². The number of pyridine rings is 1. The second-order valence-corrected chi connectivity index (χ2v) is 7.24. The van der Waals surface area contributed by atoms with Crippen LogP contribution in [0.2, 0.25) is 6.82 Å². The van der Waals surface area contributed by atoms with Gasteiger partial charge >= 0.3 is 7.05 Å². The van der Waals surface area contributed by atoms with Crippen LogP contribution in [0.25, 0.3) is 20.5 Å². The summed E-state index contributed by atoms with van der Waals surface area (Å²) in [6, 6.07) is 12.4. The summed E-state index contributed by atoms with van der Waals surface area (Å²) in [5.41, 5.74) is 1.08. The molecule has 2 heterocycles. The Kier molecular flexibility index (Phi) is 5.61. The Labute approximate surface area is 153 Å². The number of rotatable bonds is 7. The molecule has 6 heteroatoms. The number of hydrogen-bond donors (Lipinski definition) is 1. The van der Waals surface area contributed by atoms with Gasteiger partial charge in [-0.1, -0.05) is 13.3 Å². The lowest BCUT2D eigenvalue weighted by atomic mass is 9.86. The van der Waals surface area contributed by atoms with E-state index >= 15 is 0 Å². The summed E-state index contributed by atoms with van der Waals surface area (Å²) in [7, 11) is 1.26. The Balaban J connectivity index is 1.81. The predicted octanol–water partition coefficient (Wildman–Crippen LogP) is 4.69. The minimum Gasteiger partial charge on any atom is -0.494 e. The van der Waals surface area contributed by atoms with Crippen molar-refractivity contribution >= 4 is 34.3 Å². The van der Waals surface area contributed by atoms with Gasteiger partial charge in [-0.2, -0.15) is 0 Å². The molecule has 1 aromatic carbocycles. The Bertz CT molecular complexity index is 833. The molecule has 0 aliphatic rings. The van der Waals surface area contributed by atoms with Crippen molar-refractivity contribution in [3.8, 4) is 16.2 Å². The standard InChI is InChI=1S/C19H23BN2O2S/c1-4-5-10-24-16-8-6-14-11-17(25-18(14)12-16)15-7-9-19(21-13-15)22(3)20(2)23/h6-9,11-13,23H,4-5,10H2,1-3H3. The number of nitrogens with zero attached hydrogens (tertiary/aromatic N) is 2. The molecule has 2 aromatic heterocycles. The lowest BCUT2D eigenvalue weighted by molar-refractivity contribution is 0.310. The maximum Gasteiger partial charge on any atom is 0.410 e. The second kappa shape index (κ2) is 7.89. The van der Waals surface area contributed by atoms with Crippen LogP contribution in [-0.4, -0.2) is 30.7 Å². The van der Waals surface area contributed by atoms with Crippen LogP contribution >= 0.6 is 11.3 Å². The number of thiophene rings is 1. The Morgan fingerprint density at radius 2 is 2.08 bits per heavy atom. The molecule has 0 aliphatic heterocycles. The first-order valence-corrected chi connectivity index (χ1v) is 9.44. The molecule has 0 saturated heterocycles. The Morgan fingerprint density at radius 3 is 2.76 bits per heavy atom. The van der Waals surface area contributed by atoms with E-state index in [4.69, 9.17) is 4.74 Å². The van der Waals surface area contributed by atoms with E-state index < -0.39 is 7.05 Å². The summed E-state index contributed by atoms with van der Waals surface area (Å²) < 4.78 is 7.02. The van der Waals surface area contributed by atoms with Crippen molar-refractivity contribution < 1.29 is 9.76 Å². The minimum absolute atomic E-state index is 0.561. The smallest absolute Gasteiger partial charge is 0.410 e. The summed E-state index contributed by atoms with van der Waals surface area (Å²) in [5, 5.41) is 10.9. The first-order chi connectivity index (χ1) is 12.1. The average Bonchev–Trinajstić information content (AvgIpc) is 3.04. The third-order valence-corrected chi connectivity index (χ3v) is 5.36. The molecule has 25 heavy (non-hydrogen) atoms. The third kappa shape index (κ3) is 4.14. The predicted molar refractivity (Wildman–Crippen MR) is 108 cm³/mol. The van der Waals surface area contributed by atoms with Crippen molar-refractivity contribution in [2.24, 2.45) is 0 Å². The third-order valence-electron chi connectivity index (χ3n) is 4.21. The molecule has 3 rings (SSSR count). The summed E-state index contributed by atoms with van der Waals surface area (Å²) in [4.78, 5) is 7.37. The highest BCUT2D eigenvalue weighted by Crippen LogP contribution is 2.35. The molecule has 0 atom stereocenters. The first-order valence-electron chi connectivity index (χ1n) is 8.62. The number of fused-ring (bicyclic) bond motifs is 1. The lowest BCUT2D eigenvalue weighted by Crippen LogP contribution is -2.33. The Hall–Kier alpha value is -2.05. The molecule has 0 bridgehead atoms. The van der Waals surface area contributed by atoms with Gasteiger partial charge in [0.1, 0.15) is 11.6 Å². The molecule has 1 N–H and O–H groups in total. The van der Waals surface area contributed by atoms with Gasteiger partial charge in [0, 0.05) is 21.3 Å². The molecule has 0 spiro atoms. The fourth-order valence-corrected chi connectivity index (χ4v) is 3.59. The fraction of sp³-hybridized carbons (Fsp3) is 0.316. The fourth-order valence-electron chi connectivity index (χ4n) is 2.51. The van der Waals surface area contributed by atoms with E-state index in [1.165, 1.54) is 15.0 Å². The molecule has 0 fully saturated rings. The Morgan fingerprint density at radius 1 is 1.24 bits per heavy atom. The molecule has 0 aliphatic carbocycles. The molecule has 3 aromatic rings. The summed E-state index contributed by atoms with van der Waals surface area (Å²) in [5.74, 6) is 1.69. The largest absolute Gasteiger partial charge is 0.494 e. The highest BCUT2D eigenvalue weighted by Gasteiger charge is 2.13. The van der Waals surface area contributed by atoms with Gasteiger partial charge in [-0.3, -0.25) is 0 Å². The summed E-state index contributed by atoms with van der Waals surface area (Å²) in [6.07, 6.45) is 4.07. The van der Waals surface area contributed by atoms with Crippen molar-refractivity contribution in [3.05, 3.63) is 42.6 Å². The van der Waals surface area contributed by atoms with Crippen LogP contribution in [0.15, 0.2) is 42.6 Å². The molecule has 0 radical (unpaired) electrons. The van der Waals surface area contributed by atoms with Gasteiger partial charge in [-0.05, 0) is 62.1 Å². The van der Waals surface area contributed by atoms with Crippen molar-refractivity contribution in [1.82, 2.24) is 4.98 Å². The van der Waals surface area contributed by atoms with Gasteiger partial charge in [0.2, 0.25) is 0 Å². The van der Waals surface area contributed by atoms with Crippen molar-refractivity contribution in [2.75, 3.05) is 18.5 Å². The molecular weight excluding hydrogens is 331 g/mol. The highest BCUT2D eigenvalue weighted by atomic mass is 32.1. The number of hydrogen-bond acceptors (Lipinski definition) is 5. The topological polar surface area (TPSA) is 45.6 Å². The van der Waals surface area contributed by atoms with Crippen molar-refractivity contribution in [2.45, 2.75) is 26.6 Å². The van der Waals surface area contributed by atoms with E-state index in [2.05, 4.69) is 30.1 Å². The maximum absolute atomic E-state index is 9.64. The van der Waals surface area contributed by atoms with Crippen molar-refractivity contribution in [3.63, 3.8) is 0 Å². The van der Waals surface area contributed by atoms with Crippen molar-refractivity contribution in [1.29, 1.82) is 0 Å². The molecular formula is C19H23BN2O2S. The molecule has 0 amide bonds. The molecule has 4 nitrogen and oxygen atoms in total. The van der Waals surface area contributed by atoms with Crippen LogP contribution in [-0.2, 0) is 0 Å². The van der Waals surface area contributed by atoms with Crippen LogP contribution in [0.1, 0.15) is 19.8 Å². The van der Waals surface area contributed by atoms with Gasteiger partial charge in [0.15, 0.2) is 0 Å². The van der Waals surface area contributed by atoms with Gasteiger partial charge in [-0.15, -0.1) is 11.3 Å². The number of anilines is 1. The average molecular weight is 354 g/mol. The lowest BCUT2D eigenvalue weighted by Gasteiger charge is -2.18. The molecule has 130 valence electrons. The zero-order valence-electron chi connectivity index (χ0n) is 14.9. The van der Waals surface area contributed by atoms with Crippen LogP contribution in [0.5, 0.6) is 5.75 Å². The van der Waals surface area contributed by atoms with E-state index in [0.717, 1.165) is 36.6 Å². The quantitative estimate of drug-likeness (QED) is 0.494. The van der Waals surface area contributed by atoms with Gasteiger partial charge < -0.3 is 14.6 Å². The monoisotopic (exact) mass is 354 g/mol. The second-order valence-electron chi connectivity index (χ2n) is 6.16. The SMILES string of the molecule is CCCCOc1ccc2cc(-c3ccc(N(C)B(C)O)nc3)sc2c1. The van der Waals surface area contributed by atoms with E-state index in [-0.39, 0.29) is 0 Å². The van der Waals surface area contributed by atoms with E-state index in [1.54, 1.807) is 23.0 Å². The normalized spacial score (nSPS) is 10.9. The van der Waals surface area contributed by atoms with Crippen LogP contribution in [0.4, 0.5) is 5.82 Å². The number of aromatic nitrogens is 1. The number of benzene rings is 1. The number of ether oxygens (including phenoxy) is 1. The van der Waals surface area contributed by atoms with Crippen LogP contribution in [0.3, 0.4) is 0 Å². The zero-order valence-corrected chi connectivity index (χ0v) is 15.7. The van der Waals surface area contributed by atoms with Gasteiger partial charge in [0.25, 0.3) is 0 Å².